The zero-order chi connectivity index (χ0) is 12.8. The molecule has 0 bridgehead atoms. The number of hydrogen-bond acceptors (Lipinski definition) is 2. The van der Waals surface area contributed by atoms with Crippen molar-refractivity contribution in [2.24, 2.45) is 5.41 Å². The minimum atomic E-state index is -2.50. The summed E-state index contributed by atoms with van der Waals surface area (Å²) >= 11 is 0. The highest BCUT2D eigenvalue weighted by Crippen LogP contribution is 2.65. The highest BCUT2D eigenvalue weighted by molar-refractivity contribution is 5.76. The Bertz CT molecular complexity index is 450. The fourth-order valence-corrected chi connectivity index (χ4v) is 2.74. The number of rotatable bonds is 2. The summed E-state index contributed by atoms with van der Waals surface area (Å²) in [6.07, 6.45) is 4.18. The van der Waals surface area contributed by atoms with Crippen LogP contribution in [-0.2, 0) is 11.3 Å². The Morgan fingerprint density at radius 1 is 1.33 bits per heavy atom. The Balaban J connectivity index is 1.55. The number of carbonyl (C=O) groups excluding carboxylic acids is 1. The average molecular weight is 255 g/mol. The molecule has 4 nitrogen and oxygen atoms in total. The summed E-state index contributed by atoms with van der Waals surface area (Å²) in [5.74, 6) is -2.54. The van der Waals surface area contributed by atoms with E-state index in [1.807, 2.05) is 0 Å². The van der Waals surface area contributed by atoms with E-state index in [4.69, 9.17) is 0 Å². The Morgan fingerprint density at radius 3 is 2.50 bits per heavy atom. The van der Waals surface area contributed by atoms with Crippen LogP contribution in [0.4, 0.5) is 8.78 Å². The predicted molar refractivity (Wildman–Crippen MR) is 60.0 cm³/mol. The first kappa shape index (κ1) is 11.6. The number of alkyl halides is 2. The van der Waals surface area contributed by atoms with Gasteiger partial charge < -0.3 is 4.90 Å². The summed E-state index contributed by atoms with van der Waals surface area (Å²) in [4.78, 5) is 13.6. The van der Waals surface area contributed by atoms with Crippen LogP contribution in [0.15, 0.2) is 18.5 Å². The summed E-state index contributed by atoms with van der Waals surface area (Å²) in [6.45, 7) is 1.07. The monoisotopic (exact) mass is 255 g/mol. The predicted octanol–water partition coefficient (Wildman–Crippen LogP) is 1.53. The highest BCUT2D eigenvalue weighted by atomic mass is 19.3. The van der Waals surface area contributed by atoms with Crippen LogP contribution in [0.1, 0.15) is 19.3 Å². The van der Waals surface area contributed by atoms with Crippen molar-refractivity contribution in [1.82, 2.24) is 14.7 Å². The third-order valence-corrected chi connectivity index (χ3v) is 4.14. The van der Waals surface area contributed by atoms with Crippen LogP contribution in [0.2, 0.25) is 0 Å². The van der Waals surface area contributed by atoms with Crippen molar-refractivity contribution in [2.45, 2.75) is 31.7 Å². The molecule has 18 heavy (non-hydrogen) atoms. The number of nitrogens with zero attached hydrogens (tertiary/aromatic N) is 3. The molecule has 1 amide bonds. The van der Waals surface area contributed by atoms with E-state index in [0.717, 1.165) is 0 Å². The topological polar surface area (TPSA) is 38.1 Å². The number of piperidine rings is 1. The molecule has 0 N–H and O–H groups in total. The molecule has 1 aliphatic carbocycles. The molecular formula is C12H15F2N3O. The van der Waals surface area contributed by atoms with Crippen molar-refractivity contribution in [3.63, 3.8) is 0 Å². The molecule has 2 fully saturated rings. The van der Waals surface area contributed by atoms with E-state index in [1.54, 1.807) is 28.0 Å². The van der Waals surface area contributed by atoms with Gasteiger partial charge in [0.25, 0.3) is 5.92 Å². The molecular weight excluding hydrogens is 240 g/mol. The maximum absolute atomic E-state index is 13.2. The van der Waals surface area contributed by atoms with Crippen molar-refractivity contribution in [3.8, 4) is 0 Å². The highest BCUT2D eigenvalue weighted by Gasteiger charge is 2.70. The van der Waals surface area contributed by atoms with Gasteiger partial charge in [0.2, 0.25) is 5.91 Å². The van der Waals surface area contributed by atoms with Gasteiger partial charge in [-0.2, -0.15) is 5.10 Å². The Morgan fingerprint density at radius 2 is 2.00 bits per heavy atom. The molecule has 98 valence electrons. The summed E-state index contributed by atoms with van der Waals surface area (Å²) in [7, 11) is 0. The molecule has 1 aromatic rings. The van der Waals surface area contributed by atoms with Gasteiger partial charge in [-0.15, -0.1) is 0 Å². The van der Waals surface area contributed by atoms with E-state index in [1.165, 1.54) is 0 Å². The lowest BCUT2D eigenvalue weighted by atomic mass is 9.93. The first-order valence-electron chi connectivity index (χ1n) is 6.16. The molecule has 6 heteroatoms. The van der Waals surface area contributed by atoms with E-state index in [9.17, 15) is 13.6 Å². The summed E-state index contributed by atoms with van der Waals surface area (Å²) in [6, 6.07) is 1.75. The molecule has 1 spiro atoms. The molecule has 1 saturated carbocycles. The Kier molecular flexibility index (Phi) is 2.43. The van der Waals surface area contributed by atoms with Crippen LogP contribution in [0, 0.1) is 5.41 Å². The van der Waals surface area contributed by atoms with Gasteiger partial charge in [0.1, 0.15) is 6.54 Å². The van der Waals surface area contributed by atoms with E-state index < -0.39 is 11.3 Å². The first-order chi connectivity index (χ1) is 8.52. The van der Waals surface area contributed by atoms with Gasteiger partial charge >= 0.3 is 0 Å². The van der Waals surface area contributed by atoms with Crippen LogP contribution in [-0.4, -0.2) is 39.6 Å². The molecule has 1 aliphatic heterocycles. The lowest BCUT2D eigenvalue weighted by Gasteiger charge is -2.32. The van der Waals surface area contributed by atoms with Crippen LogP contribution >= 0.6 is 0 Å². The Labute approximate surface area is 104 Å². The summed E-state index contributed by atoms with van der Waals surface area (Å²) in [5, 5.41) is 3.96. The van der Waals surface area contributed by atoms with Gasteiger partial charge in [0.15, 0.2) is 0 Å². The third-order valence-electron chi connectivity index (χ3n) is 4.14. The molecule has 0 unspecified atom stereocenters. The van der Waals surface area contributed by atoms with Crippen LogP contribution < -0.4 is 0 Å². The number of aromatic nitrogens is 2. The van der Waals surface area contributed by atoms with Gasteiger partial charge in [-0.3, -0.25) is 9.48 Å². The minimum absolute atomic E-state index is 0.00118. The largest absolute Gasteiger partial charge is 0.341 e. The molecule has 1 aromatic heterocycles. The van der Waals surface area contributed by atoms with Crippen molar-refractivity contribution >= 4 is 5.91 Å². The third kappa shape index (κ3) is 1.79. The smallest absolute Gasteiger partial charge is 0.254 e. The number of halogens is 2. The zero-order valence-electron chi connectivity index (χ0n) is 9.98. The quantitative estimate of drug-likeness (QED) is 0.803. The van der Waals surface area contributed by atoms with Gasteiger partial charge in [-0.25, -0.2) is 8.78 Å². The maximum atomic E-state index is 13.2. The molecule has 0 aromatic carbocycles. The van der Waals surface area contributed by atoms with Crippen molar-refractivity contribution in [2.75, 3.05) is 13.1 Å². The minimum Gasteiger partial charge on any atom is -0.341 e. The number of likely N-dealkylation sites (tertiary alicyclic amines) is 1. The Hall–Kier alpha value is -1.46. The second kappa shape index (κ2) is 3.76. The molecule has 1 saturated heterocycles. The van der Waals surface area contributed by atoms with Gasteiger partial charge in [0, 0.05) is 37.3 Å². The number of hydrogen-bond donors (Lipinski definition) is 0. The van der Waals surface area contributed by atoms with Gasteiger partial charge in [-0.1, -0.05) is 0 Å². The van der Waals surface area contributed by atoms with Crippen molar-refractivity contribution in [3.05, 3.63) is 18.5 Å². The fraction of sp³-hybridized carbons (Fsp3) is 0.667. The number of amides is 1. The SMILES string of the molecule is O=C(Cn1cccn1)N1CCC2(CC1)CC2(F)F. The number of carbonyl (C=O) groups is 1. The molecule has 0 atom stereocenters. The normalized spacial score (nSPS) is 24.2. The van der Waals surface area contributed by atoms with Crippen LogP contribution in [0.3, 0.4) is 0 Å². The maximum Gasteiger partial charge on any atom is 0.254 e. The summed E-state index contributed by atoms with van der Waals surface area (Å²) in [5.41, 5.74) is -0.796. The standard InChI is InChI=1S/C12H15F2N3O/c13-12(14)9-11(12)2-6-16(7-3-11)10(18)8-17-5-1-4-15-17/h1,4-5H,2-3,6-9H2. The molecule has 2 aliphatic rings. The van der Waals surface area contributed by atoms with E-state index >= 15 is 0 Å². The van der Waals surface area contributed by atoms with E-state index in [-0.39, 0.29) is 18.9 Å². The lowest BCUT2D eigenvalue weighted by molar-refractivity contribution is -0.134. The second-order valence-electron chi connectivity index (χ2n) is 5.25. The molecule has 0 radical (unpaired) electrons. The molecule has 3 rings (SSSR count). The average Bonchev–Trinajstić information content (AvgIpc) is 2.69. The van der Waals surface area contributed by atoms with Crippen LogP contribution in [0.25, 0.3) is 0 Å². The molecule has 2 heterocycles. The second-order valence-corrected chi connectivity index (χ2v) is 5.25. The zero-order valence-corrected chi connectivity index (χ0v) is 9.98. The summed E-state index contributed by atoms with van der Waals surface area (Å²) < 4.78 is 27.9. The fourth-order valence-electron chi connectivity index (χ4n) is 2.74. The van der Waals surface area contributed by atoms with E-state index in [2.05, 4.69) is 5.10 Å². The van der Waals surface area contributed by atoms with E-state index in [0.29, 0.717) is 25.9 Å². The first-order valence-corrected chi connectivity index (χ1v) is 6.16. The van der Waals surface area contributed by atoms with Gasteiger partial charge in [-0.05, 0) is 18.9 Å². The lowest BCUT2D eigenvalue weighted by Crippen LogP contribution is -2.42. The van der Waals surface area contributed by atoms with Gasteiger partial charge in [0.05, 0.1) is 0 Å². The van der Waals surface area contributed by atoms with Crippen LogP contribution in [0.5, 0.6) is 0 Å². The van der Waals surface area contributed by atoms with Crippen molar-refractivity contribution in [1.29, 1.82) is 0 Å². The van der Waals surface area contributed by atoms with Crippen molar-refractivity contribution < 1.29 is 13.6 Å².